The van der Waals surface area contributed by atoms with Gasteiger partial charge in [0.05, 0.1) is 23.4 Å². The molecule has 0 spiro atoms. The fourth-order valence-corrected chi connectivity index (χ4v) is 9.08. The summed E-state index contributed by atoms with van der Waals surface area (Å²) in [5, 5.41) is 13.1. The minimum atomic E-state index is -1.34. The molecule has 1 aromatic rings. The number of fused-ring (bicyclic) bond motifs is 5. The Morgan fingerprint density at radius 2 is 1.93 bits per heavy atom. The van der Waals surface area contributed by atoms with Crippen molar-refractivity contribution in [3.8, 4) is 0 Å². The molecule has 1 aromatic carbocycles. The molecule has 4 unspecified atom stereocenters. The molecule has 216 valence electrons. The van der Waals surface area contributed by atoms with E-state index in [0.717, 1.165) is 30.5 Å². The highest BCUT2D eigenvalue weighted by Crippen LogP contribution is 2.69. The Morgan fingerprint density at radius 3 is 2.52 bits per heavy atom. The SMILES string of the molecule is C=CC1=C(N(N)c2ccc(F)cc2)C=C2CCC3[C@H]([C@@H](O)CC4(C)[C@H]3CCC4(OC(=O)C(C)C)C(=O)S)C2(C)C1. The lowest BCUT2D eigenvalue weighted by Crippen LogP contribution is -2.62. The molecule has 0 aliphatic heterocycles. The largest absolute Gasteiger partial charge is 0.449 e. The molecule has 7 atom stereocenters. The molecule has 0 saturated heterocycles. The number of halogens is 1. The summed E-state index contributed by atoms with van der Waals surface area (Å²) in [6, 6.07) is 6.08. The fraction of sp³-hybridized carbons (Fsp3) is 0.562. The Kier molecular flexibility index (Phi) is 7.37. The number of allylic oxidation sites excluding steroid dienone is 4. The third kappa shape index (κ3) is 4.21. The molecule has 0 heterocycles. The zero-order chi connectivity index (χ0) is 29.2. The van der Waals surface area contributed by atoms with Crippen molar-refractivity contribution in [3.63, 3.8) is 0 Å². The van der Waals surface area contributed by atoms with Crippen LogP contribution in [0.2, 0.25) is 0 Å². The number of aliphatic hydroxyl groups is 1. The van der Waals surface area contributed by atoms with Crippen LogP contribution in [0, 0.1) is 40.3 Å². The Balaban J connectivity index is 1.49. The number of benzene rings is 1. The van der Waals surface area contributed by atoms with Crippen molar-refractivity contribution in [2.75, 3.05) is 5.01 Å². The van der Waals surface area contributed by atoms with Crippen LogP contribution in [-0.4, -0.2) is 27.9 Å². The fourth-order valence-electron chi connectivity index (χ4n) is 8.67. The number of thiol groups is 1. The highest BCUT2D eigenvalue weighted by Gasteiger charge is 2.70. The second kappa shape index (κ2) is 10.1. The van der Waals surface area contributed by atoms with Gasteiger partial charge in [-0.05, 0) is 97.6 Å². The van der Waals surface area contributed by atoms with E-state index in [1.54, 1.807) is 31.0 Å². The second-order valence-electron chi connectivity index (χ2n) is 13.0. The zero-order valence-corrected chi connectivity index (χ0v) is 24.7. The molecule has 0 radical (unpaired) electrons. The van der Waals surface area contributed by atoms with Crippen LogP contribution in [0.25, 0.3) is 0 Å². The molecule has 3 N–H and O–H groups in total. The van der Waals surface area contributed by atoms with Crippen molar-refractivity contribution in [3.05, 3.63) is 65.7 Å². The maximum Gasteiger partial charge on any atom is 0.309 e. The molecule has 0 aromatic heterocycles. The van der Waals surface area contributed by atoms with Crippen LogP contribution < -0.4 is 10.9 Å². The first kappa shape index (κ1) is 29.1. The maximum absolute atomic E-state index is 13.5. The lowest BCUT2D eigenvalue weighted by molar-refractivity contribution is -0.198. The van der Waals surface area contributed by atoms with Crippen molar-refractivity contribution in [2.45, 2.75) is 77.9 Å². The molecule has 4 aliphatic carbocycles. The number of rotatable bonds is 6. The highest BCUT2D eigenvalue weighted by molar-refractivity contribution is 7.96. The quantitative estimate of drug-likeness (QED) is 0.172. The van der Waals surface area contributed by atoms with Crippen LogP contribution in [0.3, 0.4) is 0 Å². The highest BCUT2D eigenvalue weighted by atomic mass is 32.1. The molecule has 3 fully saturated rings. The average molecular weight is 569 g/mol. The molecular formula is C32H41FN2O4S. The van der Waals surface area contributed by atoms with Crippen LogP contribution in [0.5, 0.6) is 0 Å². The number of anilines is 1. The molecule has 5 rings (SSSR count). The Labute approximate surface area is 241 Å². The lowest BCUT2D eigenvalue weighted by atomic mass is 9.45. The Bertz CT molecular complexity index is 1290. The van der Waals surface area contributed by atoms with Crippen molar-refractivity contribution in [2.24, 2.45) is 40.3 Å². The summed E-state index contributed by atoms with van der Waals surface area (Å²) < 4.78 is 19.6. The van der Waals surface area contributed by atoms with Crippen molar-refractivity contribution < 1.29 is 23.8 Å². The van der Waals surface area contributed by atoms with E-state index in [2.05, 4.69) is 32.2 Å². The molecule has 0 bridgehead atoms. The van der Waals surface area contributed by atoms with E-state index in [-0.39, 0.29) is 34.9 Å². The molecule has 3 saturated carbocycles. The van der Waals surface area contributed by atoms with Crippen LogP contribution in [-0.2, 0) is 14.3 Å². The second-order valence-corrected chi connectivity index (χ2v) is 13.4. The summed E-state index contributed by atoms with van der Waals surface area (Å²) in [7, 11) is 0. The van der Waals surface area contributed by atoms with Gasteiger partial charge in [-0.15, -0.1) is 12.6 Å². The third-order valence-corrected chi connectivity index (χ3v) is 11.1. The van der Waals surface area contributed by atoms with Crippen molar-refractivity contribution >= 4 is 29.4 Å². The summed E-state index contributed by atoms with van der Waals surface area (Å²) in [5.74, 6) is 5.68. The van der Waals surface area contributed by atoms with Gasteiger partial charge in [-0.2, -0.15) is 0 Å². The van der Waals surface area contributed by atoms with Gasteiger partial charge in [0.1, 0.15) is 5.82 Å². The van der Waals surface area contributed by atoms with Crippen LogP contribution in [0.4, 0.5) is 10.1 Å². The van der Waals surface area contributed by atoms with E-state index in [0.29, 0.717) is 24.9 Å². The predicted octanol–water partition coefficient (Wildman–Crippen LogP) is 5.88. The minimum Gasteiger partial charge on any atom is -0.449 e. The standard InChI is InChI=1S/C32H41FN2O4S/c1-6-19-16-30(4)20(15-25(19)35(34)22-10-8-21(33)9-11-22)7-12-23-24-13-14-32(29(38)40,39-28(37)18(2)3)31(24,5)17-26(36)27(23)30/h6,8-11,15,18,23-24,26-27,36H,1,7,12-14,16-17,34H2,2-5H3,(H,38,40)/t23?,24-,26-,27+,30?,31?,32?/m0/s1. The van der Waals surface area contributed by atoms with Gasteiger partial charge in [0, 0.05) is 5.41 Å². The molecular weight excluding hydrogens is 527 g/mol. The Morgan fingerprint density at radius 1 is 1.25 bits per heavy atom. The van der Waals surface area contributed by atoms with E-state index in [4.69, 9.17) is 10.6 Å². The predicted molar refractivity (Wildman–Crippen MR) is 156 cm³/mol. The van der Waals surface area contributed by atoms with Gasteiger partial charge in [0.25, 0.3) is 0 Å². The van der Waals surface area contributed by atoms with Crippen molar-refractivity contribution in [1.82, 2.24) is 0 Å². The number of aliphatic hydroxyl groups excluding tert-OH is 1. The zero-order valence-electron chi connectivity index (χ0n) is 23.8. The number of nitrogens with zero attached hydrogens (tertiary/aromatic N) is 1. The summed E-state index contributed by atoms with van der Waals surface area (Å²) >= 11 is 4.26. The van der Waals surface area contributed by atoms with E-state index < -0.39 is 28.2 Å². The average Bonchev–Trinajstić information content (AvgIpc) is 3.19. The van der Waals surface area contributed by atoms with Gasteiger partial charge < -0.3 is 9.84 Å². The van der Waals surface area contributed by atoms with E-state index in [9.17, 15) is 19.1 Å². The van der Waals surface area contributed by atoms with E-state index in [1.807, 2.05) is 13.0 Å². The number of ether oxygens (including phenoxy) is 1. The summed E-state index contributed by atoms with van der Waals surface area (Å²) in [6.07, 6.45) is 7.13. The molecule has 6 nitrogen and oxygen atoms in total. The number of hydrogen-bond donors (Lipinski definition) is 3. The van der Waals surface area contributed by atoms with E-state index in [1.165, 1.54) is 17.7 Å². The summed E-state index contributed by atoms with van der Waals surface area (Å²) in [6.45, 7) is 11.8. The number of nitrogens with two attached hydrogens (primary N) is 1. The van der Waals surface area contributed by atoms with E-state index >= 15 is 0 Å². The van der Waals surface area contributed by atoms with Gasteiger partial charge in [-0.25, -0.2) is 10.2 Å². The van der Waals surface area contributed by atoms with Crippen molar-refractivity contribution in [1.29, 1.82) is 0 Å². The minimum absolute atomic E-state index is 0.0364. The normalized spacial score (nSPS) is 36.8. The summed E-state index contributed by atoms with van der Waals surface area (Å²) in [5.41, 5.74) is 1.32. The number of esters is 1. The van der Waals surface area contributed by atoms with Crippen LogP contribution >= 0.6 is 12.6 Å². The van der Waals surface area contributed by atoms with Gasteiger partial charge in [-0.1, -0.05) is 45.9 Å². The van der Waals surface area contributed by atoms with Crippen LogP contribution in [0.15, 0.2) is 59.8 Å². The smallest absolute Gasteiger partial charge is 0.309 e. The monoisotopic (exact) mass is 568 g/mol. The number of carbonyl (C=O) groups is 2. The first-order valence-electron chi connectivity index (χ1n) is 14.3. The van der Waals surface area contributed by atoms with Gasteiger partial charge in [0.2, 0.25) is 5.12 Å². The van der Waals surface area contributed by atoms with Gasteiger partial charge in [0.15, 0.2) is 5.60 Å². The first-order chi connectivity index (χ1) is 18.8. The molecule has 8 heteroatoms. The number of carbonyl (C=O) groups excluding carboxylic acids is 2. The van der Waals surface area contributed by atoms with Gasteiger partial charge >= 0.3 is 5.97 Å². The first-order valence-corrected chi connectivity index (χ1v) is 14.7. The topological polar surface area (TPSA) is 92.9 Å². The lowest BCUT2D eigenvalue weighted by Gasteiger charge is -2.60. The molecule has 0 amide bonds. The Hall–Kier alpha value is -2.42. The number of hydrazine groups is 1. The molecule has 40 heavy (non-hydrogen) atoms. The third-order valence-electron chi connectivity index (χ3n) is 10.7. The van der Waals surface area contributed by atoms with Gasteiger partial charge in [-0.3, -0.25) is 14.6 Å². The molecule has 4 aliphatic rings. The van der Waals surface area contributed by atoms with Crippen LogP contribution in [0.1, 0.15) is 66.2 Å². The maximum atomic E-state index is 13.5. The summed E-state index contributed by atoms with van der Waals surface area (Å²) in [4.78, 5) is 25.9. The number of hydrogen-bond acceptors (Lipinski definition) is 6.